The number of aryl methyl sites for hydroxylation is 1. The Balaban J connectivity index is 1.55. The number of nitrogens with one attached hydrogen (secondary N) is 2. The molecule has 8 nitrogen and oxygen atoms in total. The van der Waals surface area contributed by atoms with Crippen LogP contribution < -0.4 is 10.6 Å². The van der Waals surface area contributed by atoms with E-state index >= 15 is 0 Å². The van der Waals surface area contributed by atoms with E-state index in [-0.39, 0.29) is 12.0 Å². The molecule has 2 N–H and O–H groups in total. The summed E-state index contributed by atoms with van der Waals surface area (Å²) in [4.78, 5) is 20.3. The predicted molar refractivity (Wildman–Crippen MR) is 87.4 cm³/mol. The zero-order chi connectivity index (χ0) is 16.9. The fraction of sp³-hybridized carbons (Fsp3) is 0.250. The van der Waals surface area contributed by atoms with Gasteiger partial charge in [-0.2, -0.15) is 0 Å². The molecule has 0 radical (unpaired) electrons. The van der Waals surface area contributed by atoms with Gasteiger partial charge < -0.3 is 9.73 Å². The van der Waals surface area contributed by atoms with Crippen LogP contribution in [0.15, 0.2) is 47.3 Å². The molecule has 0 unspecified atom stereocenters. The maximum Gasteiger partial charge on any atom is 0.322 e. The molecule has 124 valence electrons. The second kappa shape index (κ2) is 6.95. The van der Waals surface area contributed by atoms with Crippen molar-refractivity contribution in [2.24, 2.45) is 0 Å². The van der Waals surface area contributed by atoms with Gasteiger partial charge in [0.25, 0.3) is 0 Å². The van der Waals surface area contributed by atoms with E-state index in [9.17, 15) is 4.79 Å². The lowest BCUT2D eigenvalue weighted by atomic mass is 10.2. The predicted octanol–water partition coefficient (Wildman–Crippen LogP) is 2.51. The summed E-state index contributed by atoms with van der Waals surface area (Å²) < 4.78 is 7.09. The van der Waals surface area contributed by atoms with Crippen LogP contribution in [-0.4, -0.2) is 25.8 Å². The number of amides is 2. The highest BCUT2D eigenvalue weighted by Crippen LogP contribution is 2.15. The number of pyridine rings is 1. The number of urea groups is 1. The first kappa shape index (κ1) is 15.7. The molecule has 3 aromatic heterocycles. The smallest absolute Gasteiger partial charge is 0.322 e. The molecule has 8 heteroatoms. The van der Waals surface area contributed by atoms with Crippen molar-refractivity contribution in [2.75, 3.05) is 5.32 Å². The maximum absolute atomic E-state index is 12.0. The summed E-state index contributed by atoms with van der Waals surface area (Å²) in [6.07, 6.45) is 3.26. The van der Waals surface area contributed by atoms with Crippen molar-refractivity contribution in [2.45, 2.75) is 26.4 Å². The topological polar surface area (TPSA) is 97.9 Å². The minimum Gasteiger partial charge on any atom is -0.464 e. The molecule has 0 bridgehead atoms. The highest BCUT2D eigenvalue weighted by molar-refractivity contribution is 5.87. The lowest BCUT2D eigenvalue weighted by Crippen LogP contribution is -2.31. The van der Waals surface area contributed by atoms with Gasteiger partial charge in [-0.15, -0.1) is 5.10 Å². The molecule has 24 heavy (non-hydrogen) atoms. The molecule has 0 aliphatic rings. The van der Waals surface area contributed by atoms with Crippen LogP contribution in [-0.2, 0) is 6.54 Å². The van der Waals surface area contributed by atoms with Crippen molar-refractivity contribution in [3.8, 4) is 0 Å². The fourth-order valence-corrected chi connectivity index (χ4v) is 2.18. The van der Waals surface area contributed by atoms with Crippen molar-refractivity contribution in [3.05, 3.63) is 60.1 Å². The molecule has 3 rings (SSSR count). The lowest BCUT2D eigenvalue weighted by Gasteiger charge is -2.11. The summed E-state index contributed by atoms with van der Waals surface area (Å²) in [5.41, 5.74) is 0.861. The largest absolute Gasteiger partial charge is 0.464 e. The zero-order valence-electron chi connectivity index (χ0n) is 13.4. The Kier molecular flexibility index (Phi) is 4.55. The number of nitrogens with zero attached hydrogens (tertiary/aromatic N) is 4. The van der Waals surface area contributed by atoms with E-state index in [0.717, 1.165) is 11.5 Å². The number of hydrogen-bond donors (Lipinski definition) is 2. The highest BCUT2D eigenvalue weighted by Gasteiger charge is 2.14. The second-order valence-electron chi connectivity index (χ2n) is 5.36. The van der Waals surface area contributed by atoms with Gasteiger partial charge in [0.1, 0.15) is 17.8 Å². The van der Waals surface area contributed by atoms with Crippen LogP contribution in [0.3, 0.4) is 0 Å². The Labute approximate surface area is 138 Å². The Morgan fingerprint density at radius 3 is 2.88 bits per heavy atom. The van der Waals surface area contributed by atoms with Gasteiger partial charge >= 0.3 is 6.03 Å². The van der Waals surface area contributed by atoms with Gasteiger partial charge in [0.2, 0.25) is 5.95 Å². The second-order valence-corrected chi connectivity index (χ2v) is 5.36. The number of aromatic nitrogens is 4. The third kappa shape index (κ3) is 3.97. The molecular formula is C16H18N6O2. The van der Waals surface area contributed by atoms with Crippen LogP contribution in [0.25, 0.3) is 0 Å². The molecule has 0 spiro atoms. The Bertz CT molecular complexity index is 811. The van der Waals surface area contributed by atoms with E-state index in [0.29, 0.717) is 12.3 Å². The van der Waals surface area contributed by atoms with Crippen molar-refractivity contribution in [3.63, 3.8) is 0 Å². The van der Waals surface area contributed by atoms with Crippen LogP contribution in [0, 0.1) is 6.92 Å². The third-order valence-electron chi connectivity index (χ3n) is 3.35. The first-order chi connectivity index (χ1) is 11.6. The SMILES string of the molecule is Cc1ccc([C@H](C)NC(=O)Nc2ncn(Cc3ccccn3)n2)o1. The van der Waals surface area contributed by atoms with Gasteiger partial charge in [-0.05, 0) is 38.1 Å². The van der Waals surface area contributed by atoms with Gasteiger partial charge in [0.05, 0.1) is 18.3 Å². The summed E-state index contributed by atoms with van der Waals surface area (Å²) in [6, 6.07) is 8.69. The summed E-state index contributed by atoms with van der Waals surface area (Å²) in [5, 5.41) is 9.57. The van der Waals surface area contributed by atoms with Gasteiger partial charge in [-0.1, -0.05) is 6.07 Å². The van der Waals surface area contributed by atoms with Crippen molar-refractivity contribution >= 4 is 12.0 Å². The minimum absolute atomic E-state index is 0.228. The summed E-state index contributed by atoms with van der Waals surface area (Å²) in [6.45, 7) is 4.18. The van der Waals surface area contributed by atoms with Gasteiger partial charge in [0.15, 0.2) is 0 Å². The number of carbonyl (C=O) groups excluding carboxylic acids is 1. The van der Waals surface area contributed by atoms with Crippen LogP contribution in [0.2, 0.25) is 0 Å². The molecule has 3 heterocycles. The molecule has 0 aliphatic heterocycles. The van der Waals surface area contributed by atoms with Crippen LogP contribution in [0.4, 0.5) is 10.7 Å². The van der Waals surface area contributed by atoms with Crippen molar-refractivity contribution in [1.29, 1.82) is 0 Å². The Hall–Kier alpha value is -3.16. The highest BCUT2D eigenvalue weighted by atomic mass is 16.3. The van der Waals surface area contributed by atoms with E-state index < -0.39 is 6.03 Å². The van der Waals surface area contributed by atoms with Crippen LogP contribution >= 0.6 is 0 Å². The quantitative estimate of drug-likeness (QED) is 0.750. The third-order valence-corrected chi connectivity index (χ3v) is 3.35. The maximum atomic E-state index is 12.0. The molecule has 0 fully saturated rings. The van der Waals surface area contributed by atoms with E-state index in [1.807, 2.05) is 44.2 Å². The molecule has 0 saturated heterocycles. The molecule has 0 aliphatic carbocycles. The molecule has 0 saturated carbocycles. The number of carbonyl (C=O) groups is 1. The average molecular weight is 326 g/mol. The van der Waals surface area contributed by atoms with Gasteiger partial charge in [-0.25, -0.2) is 14.5 Å². The van der Waals surface area contributed by atoms with E-state index in [1.54, 1.807) is 17.2 Å². The van der Waals surface area contributed by atoms with E-state index in [2.05, 4.69) is 25.7 Å². The zero-order valence-corrected chi connectivity index (χ0v) is 13.4. The minimum atomic E-state index is -0.396. The van der Waals surface area contributed by atoms with E-state index in [1.165, 1.54) is 0 Å². The first-order valence-corrected chi connectivity index (χ1v) is 7.53. The number of hydrogen-bond acceptors (Lipinski definition) is 5. The number of anilines is 1. The summed E-state index contributed by atoms with van der Waals surface area (Å²) in [7, 11) is 0. The average Bonchev–Trinajstić information content (AvgIpc) is 3.17. The van der Waals surface area contributed by atoms with Crippen LogP contribution in [0.1, 0.15) is 30.2 Å². The normalized spacial score (nSPS) is 11.9. The molecule has 0 aromatic carbocycles. The molecule has 1 atom stereocenters. The van der Waals surface area contributed by atoms with E-state index in [4.69, 9.17) is 4.42 Å². The first-order valence-electron chi connectivity index (χ1n) is 7.53. The monoisotopic (exact) mass is 326 g/mol. The summed E-state index contributed by atoms with van der Waals surface area (Å²) >= 11 is 0. The van der Waals surface area contributed by atoms with Gasteiger partial charge in [0, 0.05) is 6.20 Å². The number of rotatable bonds is 5. The fourth-order valence-electron chi connectivity index (χ4n) is 2.18. The molecule has 3 aromatic rings. The van der Waals surface area contributed by atoms with Gasteiger partial charge in [-0.3, -0.25) is 10.3 Å². The Morgan fingerprint density at radius 2 is 2.17 bits per heavy atom. The molecular weight excluding hydrogens is 308 g/mol. The standard InChI is InChI=1S/C16H18N6O2/c1-11-6-7-14(24-11)12(2)19-16(23)20-15-18-10-22(21-15)9-13-5-3-4-8-17-13/h3-8,10,12H,9H2,1-2H3,(H2,19,20,21,23)/t12-/m0/s1. The number of furan rings is 1. The van der Waals surface area contributed by atoms with Crippen molar-refractivity contribution < 1.29 is 9.21 Å². The summed E-state index contributed by atoms with van der Waals surface area (Å²) in [5.74, 6) is 1.72. The van der Waals surface area contributed by atoms with Crippen molar-refractivity contribution in [1.82, 2.24) is 25.1 Å². The molecule has 2 amide bonds. The Morgan fingerprint density at radius 1 is 1.29 bits per heavy atom. The van der Waals surface area contributed by atoms with Crippen LogP contribution in [0.5, 0.6) is 0 Å². The lowest BCUT2D eigenvalue weighted by molar-refractivity contribution is 0.247.